The molecule has 0 aromatic heterocycles. The molecule has 0 aromatic carbocycles. The van der Waals surface area contributed by atoms with Gasteiger partial charge in [-0.15, -0.1) is 0 Å². The van der Waals surface area contributed by atoms with Crippen molar-refractivity contribution in [2.45, 2.75) is 53.5 Å². The Labute approximate surface area is 87.7 Å². The number of hydrogen-bond acceptors (Lipinski definition) is 1. The van der Waals surface area contributed by atoms with Gasteiger partial charge in [-0.1, -0.05) is 20.8 Å². The maximum Gasteiger partial charge on any atom is 0.223 e. The third-order valence-electron chi connectivity index (χ3n) is 2.76. The van der Waals surface area contributed by atoms with Crippen LogP contribution in [0, 0.1) is 11.3 Å². The van der Waals surface area contributed by atoms with E-state index in [4.69, 9.17) is 0 Å². The number of nitrogens with zero attached hydrogens (tertiary/aromatic N) is 1. The van der Waals surface area contributed by atoms with E-state index in [9.17, 15) is 4.79 Å². The summed E-state index contributed by atoms with van der Waals surface area (Å²) in [5.74, 6) is 0.916. The van der Waals surface area contributed by atoms with Crippen molar-refractivity contribution < 1.29 is 4.79 Å². The lowest BCUT2D eigenvalue weighted by Gasteiger charge is -2.24. The normalized spacial score (nSPS) is 23.7. The van der Waals surface area contributed by atoms with Crippen molar-refractivity contribution in [2.75, 3.05) is 6.54 Å². The molecule has 82 valence electrons. The van der Waals surface area contributed by atoms with Gasteiger partial charge in [0.25, 0.3) is 0 Å². The highest BCUT2D eigenvalue weighted by molar-refractivity contribution is 5.78. The SMILES string of the molecule is CC(C)N1CC(CC(C)(C)C)CC1=O. The summed E-state index contributed by atoms with van der Waals surface area (Å²) in [7, 11) is 0. The van der Waals surface area contributed by atoms with Gasteiger partial charge in [0.2, 0.25) is 5.91 Å². The zero-order valence-electron chi connectivity index (χ0n) is 10.1. The molecule has 1 heterocycles. The lowest BCUT2D eigenvalue weighted by molar-refractivity contribution is -0.129. The van der Waals surface area contributed by atoms with Crippen molar-refractivity contribution in [3.8, 4) is 0 Å². The average Bonchev–Trinajstić information content (AvgIpc) is 2.26. The molecule has 2 nitrogen and oxygen atoms in total. The zero-order valence-corrected chi connectivity index (χ0v) is 10.1. The van der Waals surface area contributed by atoms with Crippen LogP contribution in [0.2, 0.25) is 0 Å². The van der Waals surface area contributed by atoms with Crippen LogP contribution < -0.4 is 0 Å². The molecule has 0 bridgehead atoms. The molecule has 1 atom stereocenters. The molecule has 0 radical (unpaired) electrons. The predicted molar refractivity (Wildman–Crippen MR) is 59.0 cm³/mol. The third-order valence-corrected chi connectivity index (χ3v) is 2.76. The molecule has 0 spiro atoms. The van der Waals surface area contributed by atoms with Crippen LogP contribution in [0.25, 0.3) is 0 Å². The predicted octanol–water partition coefficient (Wildman–Crippen LogP) is 2.68. The first-order valence-corrected chi connectivity index (χ1v) is 5.59. The molecule has 0 aromatic rings. The molecule has 2 heteroatoms. The number of amides is 1. The number of hydrogen-bond donors (Lipinski definition) is 0. The van der Waals surface area contributed by atoms with Gasteiger partial charge in [0.15, 0.2) is 0 Å². The van der Waals surface area contributed by atoms with Crippen molar-refractivity contribution in [1.82, 2.24) is 4.90 Å². The van der Waals surface area contributed by atoms with E-state index < -0.39 is 0 Å². The van der Waals surface area contributed by atoms with Crippen LogP contribution in [0.3, 0.4) is 0 Å². The van der Waals surface area contributed by atoms with Gasteiger partial charge < -0.3 is 4.90 Å². The number of carbonyl (C=O) groups excluding carboxylic acids is 1. The van der Waals surface area contributed by atoms with Crippen LogP contribution in [0.5, 0.6) is 0 Å². The molecular weight excluding hydrogens is 174 g/mol. The van der Waals surface area contributed by atoms with Crippen LogP contribution in [0.1, 0.15) is 47.5 Å². The fraction of sp³-hybridized carbons (Fsp3) is 0.917. The van der Waals surface area contributed by atoms with Crippen LogP contribution in [0.4, 0.5) is 0 Å². The number of rotatable bonds is 2. The molecule has 1 amide bonds. The minimum atomic E-state index is 0.342. The molecule has 14 heavy (non-hydrogen) atoms. The summed E-state index contributed by atoms with van der Waals surface area (Å²) in [4.78, 5) is 13.6. The number of carbonyl (C=O) groups is 1. The molecule has 0 N–H and O–H groups in total. The summed E-state index contributed by atoms with van der Waals surface area (Å²) in [6, 6.07) is 0.368. The van der Waals surface area contributed by atoms with E-state index in [1.54, 1.807) is 0 Å². The summed E-state index contributed by atoms with van der Waals surface area (Å²) < 4.78 is 0. The van der Waals surface area contributed by atoms with E-state index in [1.165, 1.54) is 0 Å². The van der Waals surface area contributed by atoms with Crippen molar-refractivity contribution in [1.29, 1.82) is 0 Å². The first-order chi connectivity index (χ1) is 6.29. The van der Waals surface area contributed by atoms with E-state index in [-0.39, 0.29) is 0 Å². The largest absolute Gasteiger partial charge is 0.340 e. The summed E-state index contributed by atoms with van der Waals surface area (Å²) in [5, 5.41) is 0. The fourth-order valence-electron chi connectivity index (χ4n) is 2.31. The van der Waals surface area contributed by atoms with Crippen LogP contribution >= 0.6 is 0 Å². The Bertz CT molecular complexity index is 215. The zero-order chi connectivity index (χ0) is 10.9. The minimum Gasteiger partial charge on any atom is -0.340 e. The van der Waals surface area contributed by atoms with Gasteiger partial charge in [-0.05, 0) is 31.6 Å². The Kier molecular flexibility index (Phi) is 3.23. The summed E-state index contributed by atoms with van der Waals surface area (Å²) in [5.41, 5.74) is 0.345. The van der Waals surface area contributed by atoms with Crippen molar-refractivity contribution in [3.05, 3.63) is 0 Å². The summed E-state index contributed by atoms with van der Waals surface area (Å²) in [6.07, 6.45) is 1.91. The lowest BCUT2D eigenvalue weighted by atomic mass is 9.84. The Morgan fingerprint density at radius 3 is 2.36 bits per heavy atom. The maximum atomic E-state index is 11.6. The molecule has 1 aliphatic heterocycles. The lowest BCUT2D eigenvalue weighted by Crippen LogP contribution is -2.32. The molecule has 0 saturated carbocycles. The Morgan fingerprint density at radius 2 is 2.00 bits per heavy atom. The first-order valence-electron chi connectivity index (χ1n) is 5.59. The quantitative estimate of drug-likeness (QED) is 0.666. The fourth-order valence-corrected chi connectivity index (χ4v) is 2.31. The van der Waals surface area contributed by atoms with Gasteiger partial charge in [0, 0.05) is 19.0 Å². The topological polar surface area (TPSA) is 20.3 Å². The Balaban J connectivity index is 2.51. The van der Waals surface area contributed by atoms with Crippen molar-refractivity contribution in [3.63, 3.8) is 0 Å². The van der Waals surface area contributed by atoms with Gasteiger partial charge in [0.05, 0.1) is 0 Å². The first kappa shape index (κ1) is 11.5. The van der Waals surface area contributed by atoms with Crippen LogP contribution in [-0.2, 0) is 4.79 Å². The van der Waals surface area contributed by atoms with Crippen LogP contribution in [-0.4, -0.2) is 23.4 Å². The number of likely N-dealkylation sites (tertiary alicyclic amines) is 1. The van der Waals surface area contributed by atoms with Gasteiger partial charge in [0.1, 0.15) is 0 Å². The van der Waals surface area contributed by atoms with E-state index in [1.807, 2.05) is 4.90 Å². The molecular formula is C12H23NO. The highest BCUT2D eigenvalue weighted by Gasteiger charge is 2.33. The Morgan fingerprint density at radius 1 is 1.43 bits per heavy atom. The van der Waals surface area contributed by atoms with Gasteiger partial charge >= 0.3 is 0 Å². The average molecular weight is 197 g/mol. The van der Waals surface area contributed by atoms with E-state index >= 15 is 0 Å². The van der Waals surface area contributed by atoms with Gasteiger partial charge in [-0.2, -0.15) is 0 Å². The van der Waals surface area contributed by atoms with E-state index in [2.05, 4.69) is 34.6 Å². The van der Waals surface area contributed by atoms with E-state index in [0.717, 1.165) is 19.4 Å². The maximum absolute atomic E-state index is 11.6. The standard InChI is InChI=1S/C12H23NO/c1-9(2)13-8-10(6-11(13)14)7-12(3,4)5/h9-10H,6-8H2,1-5H3. The monoisotopic (exact) mass is 197 g/mol. The molecule has 1 rings (SSSR count). The highest BCUT2D eigenvalue weighted by Crippen LogP contribution is 2.31. The second-order valence-corrected chi connectivity index (χ2v) is 5.97. The van der Waals surface area contributed by atoms with Crippen LogP contribution in [0.15, 0.2) is 0 Å². The minimum absolute atomic E-state index is 0.342. The molecule has 1 aliphatic rings. The Hall–Kier alpha value is -0.530. The molecule has 0 aliphatic carbocycles. The van der Waals surface area contributed by atoms with Gasteiger partial charge in [-0.3, -0.25) is 4.79 Å². The smallest absolute Gasteiger partial charge is 0.223 e. The molecule has 1 unspecified atom stereocenters. The van der Waals surface area contributed by atoms with E-state index in [0.29, 0.717) is 23.3 Å². The highest BCUT2D eigenvalue weighted by atomic mass is 16.2. The second-order valence-electron chi connectivity index (χ2n) is 5.97. The second kappa shape index (κ2) is 3.92. The third kappa shape index (κ3) is 3.00. The van der Waals surface area contributed by atoms with Crippen molar-refractivity contribution in [2.24, 2.45) is 11.3 Å². The van der Waals surface area contributed by atoms with Crippen molar-refractivity contribution >= 4 is 5.91 Å². The summed E-state index contributed by atoms with van der Waals surface area (Å²) >= 11 is 0. The summed E-state index contributed by atoms with van der Waals surface area (Å²) in [6.45, 7) is 11.9. The molecule has 1 saturated heterocycles. The van der Waals surface area contributed by atoms with Gasteiger partial charge in [-0.25, -0.2) is 0 Å². The molecule has 1 fully saturated rings.